The molecular formula is C21H15F2N3OS. The van der Waals surface area contributed by atoms with Gasteiger partial charge in [0.2, 0.25) is 0 Å². The third-order valence-corrected chi connectivity index (χ3v) is 5.27. The highest BCUT2D eigenvalue weighted by Gasteiger charge is 2.23. The normalized spacial score (nSPS) is 11.0. The maximum atomic E-state index is 14.1. The van der Waals surface area contributed by atoms with Crippen LogP contribution in [0, 0.1) is 18.6 Å². The summed E-state index contributed by atoms with van der Waals surface area (Å²) in [6.07, 6.45) is 3.30. The van der Waals surface area contributed by atoms with Crippen molar-refractivity contribution in [2.75, 3.05) is 4.90 Å². The van der Waals surface area contributed by atoms with Gasteiger partial charge in [-0.2, -0.15) is 0 Å². The maximum Gasteiger partial charge on any atom is 0.260 e. The molecule has 0 atom stereocenters. The van der Waals surface area contributed by atoms with Crippen LogP contribution < -0.4 is 4.90 Å². The van der Waals surface area contributed by atoms with Crippen LogP contribution in [0.15, 0.2) is 60.9 Å². The van der Waals surface area contributed by atoms with Crippen LogP contribution in [0.1, 0.15) is 21.5 Å². The van der Waals surface area contributed by atoms with Crippen molar-refractivity contribution in [2.24, 2.45) is 0 Å². The zero-order valence-corrected chi connectivity index (χ0v) is 15.7. The van der Waals surface area contributed by atoms with E-state index in [1.807, 2.05) is 25.1 Å². The standard InChI is InChI=1S/C21H15F2N3OS/c1-13-4-6-15(7-5-13)20(27)26(12-14-3-2-8-24-11-14)21-25-19-17(23)9-16(22)10-18(19)28-21/h2-11H,12H2,1H3. The van der Waals surface area contributed by atoms with Crippen LogP contribution in [-0.2, 0) is 6.54 Å². The van der Waals surface area contributed by atoms with Crippen LogP contribution in [0.3, 0.4) is 0 Å². The molecule has 28 heavy (non-hydrogen) atoms. The summed E-state index contributed by atoms with van der Waals surface area (Å²) in [5.74, 6) is -1.70. The number of carbonyl (C=O) groups excluding carboxylic acids is 1. The number of thiazole rings is 1. The molecule has 0 fully saturated rings. The highest BCUT2D eigenvalue weighted by molar-refractivity contribution is 7.22. The fraction of sp³-hybridized carbons (Fsp3) is 0.0952. The molecule has 2 heterocycles. The highest BCUT2D eigenvalue weighted by Crippen LogP contribution is 2.32. The van der Waals surface area contributed by atoms with Gasteiger partial charge in [-0.3, -0.25) is 14.7 Å². The van der Waals surface area contributed by atoms with Gasteiger partial charge < -0.3 is 0 Å². The lowest BCUT2D eigenvalue weighted by Crippen LogP contribution is -2.30. The summed E-state index contributed by atoms with van der Waals surface area (Å²) in [7, 11) is 0. The Morgan fingerprint density at radius 1 is 1.14 bits per heavy atom. The van der Waals surface area contributed by atoms with E-state index in [1.165, 1.54) is 11.0 Å². The SMILES string of the molecule is Cc1ccc(C(=O)N(Cc2cccnc2)c2nc3c(F)cc(F)cc3s2)cc1. The molecule has 4 nitrogen and oxygen atoms in total. The summed E-state index contributed by atoms with van der Waals surface area (Å²) in [5, 5.41) is 0.300. The van der Waals surface area contributed by atoms with Crippen molar-refractivity contribution < 1.29 is 13.6 Å². The lowest BCUT2D eigenvalue weighted by molar-refractivity contribution is 0.0985. The average molecular weight is 395 g/mol. The monoisotopic (exact) mass is 395 g/mol. The number of carbonyl (C=O) groups is 1. The molecule has 0 N–H and O–H groups in total. The number of anilines is 1. The van der Waals surface area contributed by atoms with Crippen molar-refractivity contribution in [3.8, 4) is 0 Å². The summed E-state index contributed by atoms with van der Waals surface area (Å²) < 4.78 is 28.0. The molecule has 0 aliphatic heterocycles. The Kier molecular flexibility index (Phi) is 4.83. The number of hydrogen-bond acceptors (Lipinski definition) is 4. The predicted octanol–water partition coefficient (Wildman–Crippen LogP) is 5.12. The molecule has 7 heteroatoms. The zero-order valence-electron chi connectivity index (χ0n) is 14.9. The molecule has 2 aromatic heterocycles. The highest BCUT2D eigenvalue weighted by atomic mass is 32.1. The molecule has 140 valence electrons. The van der Waals surface area contributed by atoms with E-state index < -0.39 is 11.6 Å². The molecule has 0 saturated carbocycles. The largest absolute Gasteiger partial charge is 0.279 e. The average Bonchev–Trinajstić information content (AvgIpc) is 3.11. The van der Waals surface area contributed by atoms with E-state index in [9.17, 15) is 13.6 Å². The molecule has 0 unspecified atom stereocenters. The van der Waals surface area contributed by atoms with Gasteiger partial charge in [0.15, 0.2) is 10.9 Å². The second-order valence-corrected chi connectivity index (χ2v) is 7.36. The first-order valence-electron chi connectivity index (χ1n) is 8.54. The van der Waals surface area contributed by atoms with Crippen molar-refractivity contribution in [3.63, 3.8) is 0 Å². The number of rotatable bonds is 4. The van der Waals surface area contributed by atoms with Gasteiger partial charge in [-0.15, -0.1) is 0 Å². The minimum Gasteiger partial charge on any atom is -0.279 e. The molecule has 0 radical (unpaired) electrons. The molecule has 0 saturated heterocycles. The second-order valence-electron chi connectivity index (χ2n) is 6.35. The summed E-state index contributed by atoms with van der Waals surface area (Å²) in [4.78, 5) is 23.0. The van der Waals surface area contributed by atoms with Crippen molar-refractivity contribution in [3.05, 3.63) is 89.2 Å². The van der Waals surface area contributed by atoms with Gasteiger partial charge in [-0.1, -0.05) is 35.1 Å². The Labute approximate surface area is 164 Å². The molecule has 0 bridgehead atoms. The van der Waals surface area contributed by atoms with Gasteiger partial charge in [0.1, 0.15) is 11.3 Å². The second kappa shape index (κ2) is 7.44. The Bertz CT molecular complexity index is 1140. The summed E-state index contributed by atoms with van der Waals surface area (Å²) in [5.41, 5.74) is 2.37. The van der Waals surface area contributed by atoms with Crippen LogP contribution in [0.25, 0.3) is 10.2 Å². The van der Waals surface area contributed by atoms with Crippen LogP contribution >= 0.6 is 11.3 Å². The first kappa shape index (κ1) is 18.2. The number of aromatic nitrogens is 2. The van der Waals surface area contributed by atoms with Crippen molar-refractivity contribution in [2.45, 2.75) is 13.5 Å². The fourth-order valence-electron chi connectivity index (χ4n) is 2.81. The minimum atomic E-state index is -0.749. The maximum absolute atomic E-state index is 14.1. The number of hydrogen-bond donors (Lipinski definition) is 0. The fourth-order valence-corrected chi connectivity index (χ4v) is 3.82. The number of benzene rings is 2. The van der Waals surface area contributed by atoms with Gasteiger partial charge in [0.05, 0.1) is 11.2 Å². The number of amides is 1. The van der Waals surface area contributed by atoms with Crippen LogP contribution in [-0.4, -0.2) is 15.9 Å². The number of nitrogens with zero attached hydrogens (tertiary/aromatic N) is 3. The van der Waals surface area contributed by atoms with E-state index in [-0.39, 0.29) is 18.0 Å². The molecular weight excluding hydrogens is 380 g/mol. The summed E-state index contributed by atoms with van der Waals surface area (Å²) in [6, 6.07) is 12.8. The Morgan fingerprint density at radius 3 is 2.64 bits per heavy atom. The van der Waals surface area contributed by atoms with Crippen LogP contribution in [0.4, 0.5) is 13.9 Å². The number of halogens is 2. The van der Waals surface area contributed by atoms with Crippen LogP contribution in [0.2, 0.25) is 0 Å². The summed E-state index contributed by atoms with van der Waals surface area (Å²) in [6.45, 7) is 2.15. The van der Waals surface area contributed by atoms with Gasteiger partial charge in [-0.25, -0.2) is 13.8 Å². The molecule has 0 aliphatic rings. The Hall–Kier alpha value is -3.19. The zero-order chi connectivity index (χ0) is 19.7. The van der Waals surface area contributed by atoms with Gasteiger partial charge in [-0.05, 0) is 36.8 Å². The quantitative estimate of drug-likeness (QED) is 0.482. The van der Waals surface area contributed by atoms with Crippen LogP contribution in [0.5, 0.6) is 0 Å². The number of aryl methyl sites for hydroxylation is 1. The predicted molar refractivity (Wildman–Crippen MR) is 105 cm³/mol. The van der Waals surface area contributed by atoms with E-state index in [0.29, 0.717) is 15.4 Å². The number of pyridine rings is 1. The lowest BCUT2D eigenvalue weighted by Gasteiger charge is -2.20. The molecule has 2 aromatic carbocycles. The summed E-state index contributed by atoms with van der Waals surface area (Å²) >= 11 is 1.07. The van der Waals surface area contributed by atoms with Gasteiger partial charge >= 0.3 is 0 Å². The van der Waals surface area contributed by atoms with Crippen molar-refractivity contribution >= 4 is 32.6 Å². The van der Waals surface area contributed by atoms with E-state index in [4.69, 9.17) is 0 Å². The lowest BCUT2D eigenvalue weighted by atomic mass is 10.1. The molecule has 0 aliphatic carbocycles. The topological polar surface area (TPSA) is 46.1 Å². The van der Waals surface area contributed by atoms with Crippen molar-refractivity contribution in [1.82, 2.24) is 9.97 Å². The Balaban J connectivity index is 1.79. The molecule has 1 amide bonds. The van der Waals surface area contributed by atoms with E-state index in [2.05, 4.69) is 9.97 Å². The molecule has 4 rings (SSSR count). The Morgan fingerprint density at radius 2 is 1.93 bits per heavy atom. The van der Waals surface area contributed by atoms with E-state index in [0.717, 1.165) is 28.5 Å². The van der Waals surface area contributed by atoms with Crippen molar-refractivity contribution in [1.29, 1.82) is 0 Å². The van der Waals surface area contributed by atoms with Gasteiger partial charge in [0, 0.05) is 24.0 Å². The number of fused-ring (bicyclic) bond motifs is 1. The molecule has 4 aromatic rings. The van der Waals surface area contributed by atoms with Gasteiger partial charge in [0.25, 0.3) is 5.91 Å². The minimum absolute atomic E-state index is 0.0503. The van der Waals surface area contributed by atoms with E-state index in [1.54, 1.807) is 30.6 Å². The smallest absolute Gasteiger partial charge is 0.260 e. The third-order valence-electron chi connectivity index (χ3n) is 4.24. The third kappa shape index (κ3) is 3.61. The first-order valence-corrected chi connectivity index (χ1v) is 9.36. The van der Waals surface area contributed by atoms with E-state index >= 15 is 0 Å². The molecule has 0 spiro atoms. The first-order chi connectivity index (χ1) is 13.5.